The molecule has 38 nitrogen and oxygen atoms in total. The maximum atomic E-state index is 12.6. The predicted octanol–water partition coefficient (Wildman–Crippen LogP) is 0.297. The number of carbonyl (C=O) groups is 6. The Labute approximate surface area is 613 Å². The number of methoxy groups -OCH3 is 2. The average Bonchev–Trinajstić information content (AvgIpc) is 1.52. The van der Waals surface area contributed by atoms with E-state index in [4.69, 9.17) is 9.47 Å². The standard InChI is InChI=1S/C14H21N3O4.C12H17N3O4.C12H17N3O3.C11H13N3O3.2C10H13N3O3/c1-9(2)17-14(20)11-13(19)12(18)10(3)7-15(11)8-16(17)5-6-21-4;1-8-6-14-7-13(2)15(4-5-19-3)12(18)9(14)11(17)10(8)16;1-4-14-7-13-6-8(3)10(16)11(17)9(13)12(18)15(14)5-2;1-7-5-12-6-13-3-2-4-14(13)11(17)8(12)10(16)9(7)15;1-6-4-13-5-11(2)12(3)10(16)7(13)9(15)8(6)14;1-3-13-5-12-4-6(2)8(14)9(15)7(12)10(16)11-13/h7,9,19H,5-6,8H2,1-4H3;6,17H,4-5,7H2,1-3H3;6,17H,4-5,7H2,1-3H3;5,16H,2-4,6H2,1H3;4,15H,5H2,1-3H3;4,15H,3,5H2,1-2H3,(H,11,16). The van der Waals surface area contributed by atoms with Gasteiger partial charge in [0.25, 0.3) is 35.4 Å². The second-order valence-corrected chi connectivity index (χ2v) is 26.4. The zero-order chi connectivity index (χ0) is 79.4. The van der Waals surface area contributed by atoms with Crippen molar-refractivity contribution in [3.05, 3.63) is 166 Å². The number of hydrogen-bond acceptors (Lipinski definition) is 26. The Morgan fingerprint density at radius 3 is 1.19 bits per heavy atom. The van der Waals surface area contributed by atoms with E-state index in [1.807, 2.05) is 49.6 Å². The molecule has 1 fully saturated rings. The molecule has 13 rings (SSSR count). The summed E-state index contributed by atoms with van der Waals surface area (Å²) in [7, 11) is 8.27. The van der Waals surface area contributed by atoms with Gasteiger partial charge in [-0.2, -0.15) is 15.0 Å². The molecule has 7 N–H and O–H groups in total. The largest absolute Gasteiger partial charge is 0.503 e. The van der Waals surface area contributed by atoms with Crippen LogP contribution in [0.3, 0.4) is 0 Å². The molecule has 0 spiro atoms. The molecule has 0 unspecified atom stereocenters. The first-order valence-corrected chi connectivity index (χ1v) is 34.3. The highest BCUT2D eigenvalue weighted by Crippen LogP contribution is 2.29. The van der Waals surface area contributed by atoms with E-state index >= 15 is 0 Å². The molecule has 0 atom stereocenters. The van der Waals surface area contributed by atoms with Crippen LogP contribution in [0.2, 0.25) is 0 Å². The van der Waals surface area contributed by atoms with E-state index in [1.165, 1.54) is 10.0 Å². The number of pyridine rings is 6. The summed E-state index contributed by atoms with van der Waals surface area (Å²) in [5, 5.41) is 77.2. The lowest BCUT2D eigenvalue weighted by Crippen LogP contribution is -2.56. The number of carbonyl (C=O) groups excluding carboxylic acids is 6. The van der Waals surface area contributed by atoms with Crippen molar-refractivity contribution in [3.8, 4) is 34.5 Å². The Morgan fingerprint density at radius 2 is 0.766 bits per heavy atom. The topological polar surface area (TPSA) is 422 Å². The van der Waals surface area contributed by atoms with Crippen molar-refractivity contribution in [2.24, 2.45) is 0 Å². The first-order chi connectivity index (χ1) is 50.4. The average molecular weight is 1500 g/mol. The molecule has 6 aromatic heterocycles. The Hall–Kier alpha value is -11.0. The number of hydrogen-bond donors (Lipinski definition) is 7. The predicted molar refractivity (Wildman–Crippen MR) is 384 cm³/mol. The summed E-state index contributed by atoms with van der Waals surface area (Å²) in [6.45, 7) is 26.9. The lowest BCUT2D eigenvalue weighted by Gasteiger charge is -2.42. The molecule has 580 valence electrons. The van der Waals surface area contributed by atoms with Crippen LogP contribution in [0.25, 0.3) is 0 Å². The van der Waals surface area contributed by atoms with Crippen LogP contribution in [-0.4, -0.2) is 249 Å². The fourth-order valence-electron chi connectivity index (χ4n) is 12.9. The monoisotopic (exact) mass is 1490 g/mol. The first kappa shape index (κ1) is 81.7. The van der Waals surface area contributed by atoms with E-state index in [1.54, 1.807) is 172 Å². The molecule has 7 aliphatic rings. The van der Waals surface area contributed by atoms with E-state index in [-0.39, 0.29) is 63.8 Å². The van der Waals surface area contributed by atoms with Crippen LogP contribution in [0, 0.1) is 41.5 Å². The molecular weight excluding hydrogens is 1400 g/mol. The van der Waals surface area contributed by atoms with Crippen molar-refractivity contribution in [1.29, 1.82) is 0 Å². The van der Waals surface area contributed by atoms with Crippen LogP contribution in [0.15, 0.2) is 65.9 Å². The first-order valence-electron chi connectivity index (χ1n) is 34.3. The van der Waals surface area contributed by atoms with Gasteiger partial charge in [0, 0.05) is 151 Å². The van der Waals surface area contributed by atoms with Gasteiger partial charge in [-0.05, 0) is 68.7 Å². The molecule has 0 aromatic carbocycles. The maximum absolute atomic E-state index is 12.6. The second kappa shape index (κ2) is 33.6. The van der Waals surface area contributed by atoms with Crippen LogP contribution < -0.4 is 38.0 Å². The Balaban J connectivity index is 0.000000162. The number of nitrogens with one attached hydrogen (secondary N) is 1. The number of hydrazine groups is 6. The van der Waals surface area contributed by atoms with Crippen molar-refractivity contribution in [1.82, 2.24) is 87.9 Å². The van der Waals surface area contributed by atoms with E-state index in [2.05, 4.69) is 5.43 Å². The van der Waals surface area contributed by atoms with Gasteiger partial charge in [-0.1, -0.05) is 13.8 Å². The second-order valence-electron chi connectivity index (χ2n) is 26.4. The van der Waals surface area contributed by atoms with Gasteiger partial charge in [0.05, 0.1) is 59.8 Å². The van der Waals surface area contributed by atoms with Gasteiger partial charge in [0.2, 0.25) is 32.6 Å². The van der Waals surface area contributed by atoms with E-state index in [0.29, 0.717) is 126 Å². The quantitative estimate of drug-likeness (QED) is 0.0969. The zero-order valence-corrected chi connectivity index (χ0v) is 62.9. The molecule has 0 aliphatic carbocycles. The third kappa shape index (κ3) is 16.2. The van der Waals surface area contributed by atoms with Crippen molar-refractivity contribution < 1.29 is 68.9 Å². The molecule has 38 heteroatoms. The molecule has 0 saturated carbocycles. The molecule has 6 amide bonds. The molecule has 13 heterocycles. The van der Waals surface area contributed by atoms with Crippen molar-refractivity contribution in [2.75, 3.05) is 94.4 Å². The van der Waals surface area contributed by atoms with E-state index in [9.17, 15) is 88.2 Å². The minimum absolute atomic E-state index is 0.0281. The van der Waals surface area contributed by atoms with Gasteiger partial charge in [-0.3, -0.25) is 88.0 Å². The minimum atomic E-state index is -0.504. The molecule has 6 aromatic rings. The highest BCUT2D eigenvalue weighted by atomic mass is 16.5. The molecule has 0 bridgehead atoms. The molecule has 0 radical (unpaired) electrons. The Morgan fingerprint density at radius 1 is 0.402 bits per heavy atom. The van der Waals surface area contributed by atoms with Gasteiger partial charge in [-0.15, -0.1) is 0 Å². The summed E-state index contributed by atoms with van der Waals surface area (Å²) in [4.78, 5) is 143. The van der Waals surface area contributed by atoms with Crippen LogP contribution >= 0.6 is 0 Å². The third-order valence-electron chi connectivity index (χ3n) is 18.6. The van der Waals surface area contributed by atoms with Gasteiger partial charge < -0.3 is 67.5 Å². The van der Waals surface area contributed by atoms with Crippen molar-refractivity contribution in [3.63, 3.8) is 0 Å². The van der Waals surface area contributed by atoms with Gasteiger partial charge in [0.15, 0.2) is 68.7 Å². The highest BCUT2D eigenvalue weighted by Gasteiger charge is 2.39. The van der Waals surface area contributed by atoms with Gasteiger partial charge in [-0.25, -0.2) is 15.0 Å². The number of ether oxygens (including phenoxy) is 2. The Bertz CT molecular complexity index is 4870. The normalized spacial score (nSPS) is 16.4. The number of aromatic hydroxyl groups is 6. The third-order valence-corrected chi connectivity index (χ3v) is 18.6. The Kier molecular flexibility index (Phi) is 25.7. The van der Waals surface area contributed by atoms with Crippen LogP contribution in [-0.2, 0) is 49.5 Å². The van der Waals surface area contributed by atoms with E-state index < -0.39 is 78.9 Å². The smallest absolute Gasteiger partial charge is 0.289 e. The van der Waals surface area contributed by atoms with Crippen LogP contribution in [0.5, 0.6) is 34.5 Å². The van der Waals surface area contributed by atoms with Gasteiger partial charge >= 0.3 is 0 Å². The number of fused-ring (bicyclic) bond motifs is 7. The zero-order valence-electron chi connectivity index (χ0n) is 62.9. The lowest BCUT2D eigenvalue weighted by molar-refractivity contribution is -0.0708. The lowest BCUT2D eigenvalue weighted by atomic mass is 10.2. The number of amides is 6. The van der Waals surface area contributed by atoms with Crippen LogP contribution in [0.1, 0.15) is 137 Å². The molecule has 7 aliphatic heterocycles. The number of aryl methyl sites for hydroxylation is 6. The minimum Gasteiger partial charge on any atom is -0.503 e. The number of aromatic nitrogens is 6. The number of rotatable bonds is 10. The SMILES string of the molecule is CCN1Cn2cc(C)c(=O)c(O)c2C(=O)N1.CCN1Cn2cc(C)c(=O)c(O)c2C(=O)N1CC.COCCN1C(=O)c2c(O)c(=O)c(C)cn2CN1C.COCCN1Cn2cc(C)c(=O)c(O)c2C(=O)N1C(C)C.Cc1cn2c(c(O)c1=O)C(=O)N(C)N(C)C2.Cc1cn2c(c(O)c1=O)C(=O)N1CCCN1C2. The summed E-state index contributed by atoms with van der Waals surface area (Å²) >= 11 is 0. The van der Waals surface area contributed by atoms with E-state index in [0.717, 1.165) is 13.0 Å². The summed E-state index contributed by atoms with van der Waals surface area (Å²) in [6.07, 6.45) is 10.5. The van der Waals surface area contributed by atoms with Crippen molar-refractivity contribution in [2.45, 2.75) is 129 Å². The summed E-state index contributed by atoms with van der Waals surface area (Å²) in [5.74, 6) is -5.02. The number of nitrogens with zero attached hydrogens (tertiary/aromatic N) is 17. The highest BCUT2D eigenvalue weighted by molar-refractivity contribution is 5.98. The van der Waals surface area contributed by atoms with Crippen LogP contribution in [0.4, 0.5) is 0 Å². The molecule has 1 saturated heterocycles. The van der Waals surface area contributed by atoms with Gasteiger partial charge in [0.1, 0.15) is 0 Å². The summed E-state index contributed by atoms with van der Waals surface area (Å²) in [5.41, 5.74) is 2.57. The maximum Gasteiger partial charge on any atom is 0.289 e. The molecular formula is C69H94N18O20. The fourth-order valence-corrected chi connectivity index (χ4v) is 12.9. The molecule has 107 heavy (non-hydrogen) atoms. The summed E-state index contributed by atoms with van der Waals surface area (Å²) in [6, 6.07) is -0.0843. The van der Waals surface area contributed by atoms with Crippen molar-refractivity contribution >= 4 is 35.4 Å². The summed E-state index contributed by atoms with van der Waals surface area (Å²) < 4.78 is 19.7. The fraction of sp³-hybridized carbons (Fsp3) is 0.478.